The quantitative estimate of drug-likeness (QED) is 0.202. The molecule has 3 amide bonds. The van der Waals surface area contributed by atoms with Crippen LogP contribution in [-0.4, -0.2) is 66.7 Å². The number of carbonyl (C=O) groups is 3. The summed E-state index contributed by atoms with van der Waals surface area (Å²) >= 11 is 0. The zero-order valence-electron chi connectivity index (χ0n) is 19.5. The number of hydrogen-bond donors (Lipinski definition) is 5. The lowest BCUT2D eigenvalue weighted by Crippen LogP contribution is -2.55. The van der Waals surface area contributed by atoms with Crippen molar-refractivity contribution in [1.29, 1.82) is 0 Å². The van der Waals surface area contributed by atoms with Crippen molar-refractivity contribution in [2.75, 3.05) is 13.2 Å². The zero-order valence-corrected chi connectivity index (χ0v) is 20.3. The van der Waals surface area contributed by atoms with E-state index < -0.39 is 45.6 Å². The van der Waals surface area contributed by atoms with Crippen LogP contribution >= 0.6 is 0 Å². The van der Waals surface area contributed by atoms with Gasteiger partial charge in [0.2, 0.25) is 17.3 Å². The Morgan fingerprint density at radius 3 is 2.50 bits per heavy atom. The van der Waals surface area contributed by atoms with Gasteiger partial charge >= 0.3 is 6.09 Å². The van der Waals surface area contributed by atoms with Gasteiger partial charge in [0, 0.05) is 18.4 Å². The van der Waals surface area contributed by atoms with Crippen LogP contribution in [0.4, 0.5) is 4.79 Å². The van der Waals surface area contributed by atoms with Gasteiger partial charge < -0.3 is 25.8 Å². The molecule has 0 radical (unpaired) electrons. The van der Waals surface area contributed by atoms with Gasteiger partial charge in [-0.1, -0.05) is 26.0 Å². The molecule has 1 saturated carbocycles. The lowest BCUT2D eigenvalue weighted by molar-refractivity contribution is -0.126. The fourth-order valence-corrected chi connectivity index (χ4v) is 5.66. The Kier molecular flexibility index (Phi) is 8.58. The smallest absolute Gasteiger partial charge is 0.407 e. The molecule has 0 aromatic rings. The van der Waals surface area contributed by atoms with Crippen LogP contribution in [0.5, 0.6) is 0 Å². The van der Waals surface area contributed by atoms with E-state index in [0.717, 1.165) is 12.8 Å². The molecule has 5 N–H and O–H groups in total. The Balaban J connectivity index is 1.61. The molecule has 6 unspecified atom stereocenters. The average molecular weight is 502 g/mol. The van der Waals surface area contributed by atoms with Crippen molar-refractivity contribution in [2.24, 2.45) is 29.6 Å². The number of allylic oxidation sites excluding steroid dienone is 2. The maximum absolute atomic E-state index is 13.0. The summed E-state index contributed by atoms with van der Waals surface area (Å²) in [6.07, 6.45) is 6.08. The first-order valence-electron chi connectivity index (χ1n) is 11.8. The summed E-state index contributed by atoms with van der Waals surface area (Å²) in [5, 5.41) is 17.7. The highest BCUT2D eigenvalue weighted by Crippen LogP contribution is 2.43. The highest BCUT2D eigenvalue weighted by molar-refractivity contribution is 7.86. The number of aliphatic hydroxyl groups is 1. The van der Waals surface area contributed by atoms with Gasteiger partial charge in [-0.15, -0.1) is 0 Å². The molecule has 0 aromatic carbocycles. The molecule has 3 rings (SSSR count). The van der Waals surface area contributed by atoms with Crippen LogP contribution in [0, 0.1) is 29.6 Å². The fourth-order valence-electron chi connectivity index (χ4n) is 5.07. The molecule has 1 heterocycles. The number of aliphatic hydroxyl groups excluding tert-OH is 1. The Labute approximate surface area is 199 Å². The molecule has 3 aliphatic rings. The van der Waals surface area contributed by atoms with Gasteiger partial charge in [0.05, 0.1) is 12.6 Å². The van der Waals surface area contributed by atoms with E-state index >= 15 is 0 Å². The normalized spacial score (nSPS) is 28.4. The van der Waals surface area contributed by atoms with Gasteiger partial charge in [0.1, 0.15) is 6.04 Å². The molecule has 7 atom stereocenters. The minimum Gasteiger partial charge on any atom is -0.449 e. The number of hydrogen-bond acceptors (Lipinski definition) is 7. The van der Waals surface area contributed by atoms with Crippen molar-refractivity contribution < 1.29 is 37.2 Å². The van der Waals surface area contributed by atoms with Crippen molar-refractivity contribution in [3.05, 3.63) is 12.2 Å². The van der Waals surface area contributed by atoms with Crippen LogP contribution in [0.2, 0.25) is 0 Å². The molecule has 11 nitrogen and oxygen atoms in total. The SMILES string of the molecule is CC(C)C[C@H](NC(=O)OCC1CC2C=CC1C2)C(=O)NC(CC1CCNC1=O)C(O)S(=O)(=O)O. The van der Waals surface area contributed by atoms with E-state index in [4.69, 9.17) is 4.74 Å². The number of rotatable bonds is 11. The third kappa shape index (κ3) is 6.92. The number of carbonyl (C=O) groups excluding carboxylic acids is 3. The zero-order chi connectivity index (χ0) is 25.0. The number of alkyl carbamates (subject to hydrolysis) is 1. The van der Waals surface area contributed by atoms with Crippen molar-refractivity contribution >= 4 is 28.0 Å². The summed E-state index contributed by atoms with van der Waals surface area (Å²) in [5.74, 6) is -0.490. The van der Waals surface area contributed by atoms with Crippen molar-refractivity contribution in [2.45, 2.75) is 63.5 Å². The van der Waals surface area contributed by atoms with Crippen LogP contribution in [0.3, 0.4) is 0 Å². The molecule has 12 heteroatoms. The summed E-state index contributed by atoms with van der Waals surface area (Å²) in [7, 11) is -4.91. The number of amides is 3. The lowest BCUT2D eigenvalue weighted by atomic mass is 9.95. The molecule has 0 aromatic heterocycles. The largest absolute Gasteiger partial charge is 0.449 e. The Morgan fingerprint density at radius 1 is 1.24 bits per heavy atom. The monoisotopic (exact) mass is 501 g/mol. The second-order valence-electron chi connectivity index (χ2n) is 10.00. The second kappa shape index (κ2) is 11.0. The standard InChI is InChI=1S/C22H35N3O8S/c1-12(2)7-17(25-22(29)33-11-16-9-13-3-4-14(16)8-13)20(27)24-18(21(28)34(30,31)32)10-15-5-6-23-19(15)26/h3-4,12-18,21,28H,5-11H2,1-2H3,(H,23,26)(H,24,27)(H,25,29)(H,30,31,32)/t13?,14?,15?,16?,17-,18?,21?/m0/s1. The van der Waals surface area contributed by atoms with Gasteiger partial charge in [-0.25, -0.2) is 4.79 Å². The van der Waals surface area contributed by atoms with Gasteiger partial charge in [-0.3, -0.25) is 14.1 Å². The summed E-state index contributed by atoms with van der Waals surface area (Å²) in [6, 6.07) is -2.49. The van der Waals surface area contributed by atoms with Crippen LogP contribution in [0.25, 0.3) is 0 Å². The first-order valence-corrected chi connectivity index (χ1v) is 13.3. The Bertz CT molecular complexity index is 906. The maximum atomic E-state index is 13.0. The average Bonchev–Trinajstić information content (AvgIpc) is 3.47. The van der Waals surface area contributed by atoms with E-state index in [2.05, 4.69) is 28.1 Å². The van der Waals surface area contributed by atoms with Gasteiger partial charge in [-0.2, -0.15) is 8.42 Å². The van der Waals surface area contributed by atoms with Crippen molar-refractivity contribution in [3.63, 3.8) is 0 Å². The topological polar surface area (TPSA) is 171 Å². The number of ether oxygens (including phenoxy) is 1. The van der Waals surface area contributed by atoms with Gasteiger partial charge in [-0.05, 0) is 49.9 Å². The van der Waals surface area contributed by atoms with Crippen LogP contribution < -0.4 is 16.0 Å². The number of nitrogens with one attached hydrogen (secondary N) is 3. The summed E-state index contributed by atoms with van der Waals surface area (Å²) in [6.45, 7) is 4.34. The minimum absolute atomic E-state index is 0.00249. The van der Waals surface area contributed by atoms with Crippen LogP contribution in [-0.2, 0) is 24.4 Å². The molecule has 2 fully saturated rings. The van der Waals surface area contributed by atoms with Crippen molar-refractivity contribution in [1.82, 2.24) is 16.0 Å². The summed E-state index contributed by atoms with van der Waals surface area (Å²) in [4.78, 5) is 37.4. The molecule has 2 bridgehead atoms. The van der Waals surface area contributed by atoms with Gasteiger partial charge in [0.15, 0.2) is 0 Å². The van der Waals surface area contributed by atoms with E-state index in [1.54, 1.807) is 0 Å². The fraction of sp³-hybridized carbons (Fsp3) is 0.773. The minimum atomic E-state index is -4.91. The summed E-state index contributed by atoms with van der Waals surface area (Å²) in [5.41, 5.74) is -2.32. The van der Waals surface area contributed by atoms with E-state index in [1.807, 2.05) is 13.8 Å². The Hall–Kier alpha value is -2.18. The highest BCUT2D eigenvalue weighted by Gasteiger charge is 2.39. The first-order chi connectivity index (χ1) is 15.9. The predicted molar refractivity (Wildman–Crippen MR) is 122 cm³/mol. The third-order valence-corrected chi connectivity index (χ3v) is 7.78. The first kappa shape index (κ1) is 26.4. The number of fused-ring (bicyclic) bond motifs is 2. The molecule has 1 aliphatic heterocycles. The van der Waals surface area contributed by atoms with Gasteiger partial charge in [0.25, 0.3) is 10.1 Å². The highest BCUT2D eigenvalue weighted by atomic mass is 32.2. The molecule has 0 spiro atoms. The molecular weight excluding hydrogens is 466 g/mol. The Morgan fingerprint density at radius 2 is 1.97 bits per heavy atom. The second-order valence-corrected chi connectivity index (χ2v) is 11.5. The van der Waals surface area contributed by atoms with E-state index in [-0.39, 0.29) is 37.2 Å². The van der Waals surface area contributed by atoms with Crippen LogP contribution in [0.15, 0.2) is 12.2 Å². The molecule has 2 aliphatic carbocycles. The van der Waals surface area contributed by atoms with Crippen molar-refractivity contribution in [3.8, 4) is 0 Å². The van der Waals surface area contributed by atoms with E-state index in [0.29, 0.717) is 24.8 Å². The molecule has 192 valence electrons. The molecule has 34 heavy (non-hydrogen) atoms. The summed E-state index contributed by atoms with van der Waals surface area (Å²) < 4.78 is 37.8. The molecular formula is C22H35N3O8S. The predicted octanol–water partition coefficient (Wildman–Crippen LogP) is 0.557. The third-order valence-electron chi connectivity index (χ3n) is 6.84. The van der Waals surface area contributed by atoms with Crippen LogP contribution in [0.1, 0.15) is 46.0 Å². The maximum Gasteiger partial charge on any atom is 0.407 e. The lowest BCUT2D eigenvalue weighted by Gasteiger charge is -2.27. The molecule has 1 saturated heterocycles. The van der Waals surface area contributed by atoms with E-state index in [9.17, 15) is 32.5 Å². The van der Waals surface area contributed by atoms with E-state index in [1.165, 1.54) is 0 Å².